The highest BCUT2D eigenvalue weighted by molar-refractivity contribution is 5.07. The minimum absolute atomic E-state index is 0.513. The van der Waals surface area contributed by atoms with Gasteiger partial charge in [0, 0.05) is 19.1 Å². The van der Waals surface area contributed by atoms with E-state index in [0.717, 1.165) is 5.92 Å². The van der Waals surface area contributed by atoms with Gasteiger partial charge < -0.3 is 4.90 Å². The van der Waals surface area contributed by atoms with E-state index in [2.05, 4.69) is 44.7 Å². The van der Waals surface area contributed by atoms with Crippen molar-refractivity contribution in [3.05, 3.63) is 0 Å². The summed E-state index contributed by atoms with van der Waals surface area (Å²) in [4.78, 5) is 2.14. The molecule has 1 rings (SSSR count). The molecule has 3 unspecified atom stereocenters. The van der Waals surface area contributed by atoms with E-state index in [0.29, 0.717) is 11.5 Å². The van der Waals surface area contributed by atoms with Crippen LogP contribution >= 0.6 is 0 Å². The van der Waals surface area contributed by atoms with E-state index in [1.54, 1.807) is 0 Å². The van der Waals surface area contributed by atoms with Crippen molar-refractivity contribution in [2.24, 2.45) is 11.3 Å². The Labute approximate surface area is 76.1 Å². The molecule has 12 heavy (non-hydrogen) atoms. The van der Waals surface area contributed by atoms with Crippen molar-refractivity contribution in [2.45, 2.75) is 40.2 Å². The van der Waals surface area contributed by atoms with Crippen molar-refractivity contribution >= 4 is 0 Å². The lowest BCUT2D eigenvalue weighted by Gasteiger charge is -2.27. The second-order valence-electron chi connectivity index (χ2n) is 4.26. The molecule has 0 spiro atoms. The molecule has 0 N–H and O–H groups in total. The molecule has 68 valence electrons. The van der Waals surface area contributed by atoms with Crippen LogP contribution in [0, 0.1) is 23.3 Å². The number of nitrogens with zero attached hydrogens (tertiary/aromatic N) is 1. The molecular formula is C11H19N. The van der Waals surface area contributed by atoms with Gasteiger partial charge in [0.05, 0.1) is 0 Å². The maximum Gasteiger partial charge on any atom is 0.0396 e. The molecule has 1 heteroatoms. The fourth-order valence-corrected chi connectivity index (χ4v) is 1.90. The Morgan fingerprint density at radius 2 is 2.08 bits per heavy atom. The van der Waals surface area contributed by atoms with Gasteiger partial charge in [-0.05, 0) is 31.6 Å². The summed E-state index contributed by atoms with van der Waals surface area (Å²) >= 11 is 0. The van der Waals surface area contributed by atoms with Crippen LogP contribution in [0.1, 0.15) is 34.1 Å². The molecule has 0 bridgehead atoms. The van der Waals surface area contributed by atoms with Crippen LogP contribution in [-0.2, 0) is 0 Å². The lowest BCUT2D eigenvalue weighted by atomic mass is 9.97. The highest BCUT2D eigenvalue weighted by Crippen LogP contribution is 2.55. The SMILES string of the molecule is CC#CN(C)C(C)C1(C)CC1C. The second kappa shape index (κ2) is 3.01. The van der Waals surface area contributed by atoms with Gasteiger partial charge in [-0.25, -0.2) is 0 Å². The molecule has 1 nitrogen and oxygen atoms in total. The van der Waals surface area contributed by atoms with Gasteiger partial charge in [-0.3, -0.25) is 0 Å². The Bertz CT molecular complexity index is 223. The maximum absolute atomic E-state index is 3.10. The van der Waals surface area contributed by atoms with E-state index in [1.807, 2.05) is 6.92 Å². The molecule has 1 fully saturated rings. The molecule has 1 aliphatic carbocycles. The van der Waals surface area contributed by atoms with E-state index < -0.39 is 0 Å². The van der Waals surface area contributed by atoms with E-state index in [-0.39, 0.29) is 0 Å². The van der Waals surface area contributed by atoms with Crippen LogP contribution in [0.25, 0.3) is 0 Å². The smallest absolute Gasteiger partial charge is 0.0396 e. The minimum Gasteiger partial charge on any atom is -0.332 e. The first-order valence-electron chi connectivity index (χ1n) is 4.67. The van der Waals surface area contributed by atoms with Crippen LogP contribution in [-0.4, -0.2) is 18.0 Å². The summed E-state index contributed by atoms with van der Waals surface area (Å²) in [5, 5.41) is 0. The molecule has 1 aliphatic rings. The van der Waals surface area contributed by atoms with Crippen LogP contribution in [0.15, 0.2) is 0 Å². The van der Waals surface area contributed by atoms with E-state index >= 15 is 0 Å². The third-order valence-corrected chi connectivity index (χ3v) is 3.54. The van der Waals surface area contributed by atoms with Crippen molar-refractivity contribution in [3.8, 4) is 12.0 Å². The van der Waals surface area contributed by atoms with Gasteiger partial charge in [-0.2, -0.15) is 0 Å². The molecule has 0 radical (unpaired) electrons. The van der Waals surface area contributed by atoms with Crippen LogP contribution in [0.4, 0.5) is 0 Å². The second-order valence-corrected chi connectivity index (χ2v) is 4.26. The fourth-order valence-electron chi connectivity index (χ4n) is 1.90. The van der Waals surface area contributed by atoms with Gasteiger partial charge in [0.2, 0.25) is 0 Å². The molecule has 1 saturated carbocycles. The third-order valence-electron chi connectivity index (χ3n) is 3.54. The third kappa shape index (κ3) is 1.43. The lowest BCUT2D eigenvalue weighted by Crippen LogP contribution is -2.32. The summed E-state index contributed by atoms with van der Waals surface area (Å²) in [5.74, 6) is 3.81. The summed E-state index contributed by atoms with van der Waals surface area (Å²) in [6, 6.07) is 3.68. The number of hydrogen-bond acceptors (Lipinski definition) is 1. The van der Waals surface area contributed by atoms with Gasteiger partial charge in [0.1, 0.15) is 0 Å². The first kappa shape index (κ1) is 9.45. The molecule has 0 aliphatic heterocycles. The highest BCUT2D eigenvalue weighted by Gasteiger charge is 2.51. The van der Waals surface area contributed by atoms with Crippen molar-refractivity contribution in [1.82, 2.24) is 4.90 Å². The molecule has 0 amide bonds. The van der Waals surface area contributed by atoms with Crippen molar-refractivity contribution in [3.63, 3.8) is 0 Å². The minimum atomic E-state index is 0.513. The molecule has 0 saturated heterocycles. The summed E-state index contributed by atoms with van der Waals surface area (Å²) in [6.45, 7) is 8.84. The van der Waals surface area contributed by atoms with Crippen molar-refractivity contribution < 1.29 is 0 Å². The number of rotatable bonds is 2. The van der Waals surface area contributed by atoms with Gasteiger partial charge >= 0.3 is 0 Å². The Morgan fingerprint density at radius 1 is 1.58 bits per heavy atom. The quantitative estimate of drug-likeness (QED) is 0.448. The largest absolute Gasteiger partial charge is 0.332 e. The molecule has 0 aromatic heterocycles. The van der Waals surface area contributed by atoms with Gasteiger partial charge in [0.15, 0.2) is 0 Å². The summed E-state index contributed by atoms with van der Waals surface area (Å²) in [5.41, 5.74) is 0.513. The van der Waals surface area contributed by atoms with Crippen molar-refractivity contribution in [1.29, 1.82) is 0 Å². The van der Waals surface area contributed by atoms with E-state index in [9.17, 15) is 0 Å². The van der Waals surface area contributed by atoms with Crippen LogP contribution in [0.3, 0.4) is 0 Å². The van der Waals surface area contributed by atoms with Gasteiger partial charge in [-0.15, -0.1) is 0 Å². The maximum atomic E-state index is 3.10. The van der Waals surface area contributed by atoms with Crippen molar-refractivity contribution in [2.75, 3.05) is 7.05 Å². The monoisotopic (exact) mass is 165 g/mol. The topological polar surface area (TPSA) is 3.24 Å². The summed E-state index contributed by atoms with van der Waals surface area (Å²) in [6.07, 6.45) is 1.35. The Kier molecular flexibility index (Phi) is 2.37. The Balaban J connectivity index is 2.57. The van der Waals surface area contributed by atoms with Crippen LogP contribution < -0.4 is 0 Å². The molecular weight excluding hydrogens is 146 g/mol. The first-order chi connectivity index (χ1) is 5.52. The average Bonchev–Trinajstić information content (AvgIpc) is 2.60. The predicted octanol–water partition coefficient (Wildman–Crippen LogP) is 2.33. The van der Waals surface area contributed by atoms with Crippen LogP contribution in [0.5, 0.6) is 0 Å². The fraction of sp³-hybridized carbons (Fsp3) is 0.818. The van der Waals surface area contributed by atoms with E-state index in [1.165, 1.54) is 6.42 Å². The lowest BCUT2D eigenvalue weighted by molar-refractivity contribution is 0.248. The standard InChI is InChI=1S/C11H19N/c1-6-7-12(5)10(3)11(4)8-9(11)2/h9-10H,8H2,1-5H3. The van der Waals surface area contributed by atoms with Crippen LogP contribution in [0.2, 0.25) is 0 Å². The predicted molar refractivity (Wildman–Crippen MR) is 52.6 cm³/mol. The van der Waals surface area contributed by atoms with Gasteiger partial charge in [0.25, 0.3) is 0 Å². The molecule has 0 aromatic rings. The Morgan fingerprint density at radius 3 is 2.42 bits per heavy atom. The summed E-state index contributed by atoms with van der Waals surface area (Å²) < 4.78 is 0. The summed E-state index contributed by atoms with van der Waals surface area (Å²) in [7, 11) is 2.08. The molecule has 3 atom stereocenters. The Hall–Kier alpha value is -0.640. The zero-order valence-corrected chi connectivity index (χ0v) is 8.81. The average molecular weight is 165 g/mol. The zero-order chi connectivity index (χ0) is 9.35. The first-order valence-corrected chi connectivity index (χ1v) is 4.67. The number of hydrogen-bond donors (Lipinski definition) is 0. The highest BCUT2D eigenvalue weighted by atomic mass is 15.1. The molecule has 0 heterocycles. The van der Waals surface area contributed by atoms with E-state index in [4.69, 9.17) is 0 Å². The normalized spacial score (nSPS) is 34.9. The molecule has 0 aromatic carbocycles. The van der Waals surface area contributed by atoms with Gasteiger partial charge in [-0.1, -0.05) is 19.8 Å². The zero-order valence-electron chi connectivity index (χ0n) is 8.81.